The molecule has 2 N–H and O–H groups in total. The number of methoxy groups -OCH3 is 1. The second kappa shape index (κ2) is 11.3. The van der Waals surface area contributed by atoms with E-state index in [1.807, 2.05) is 50.4 Å². The van der Waals surface area contributed by atoms with Crippen LogP contribution in [0.1, 0.15) is 17.0 Å². The molecule has 0 aliphatic carbocycles. The Morgan fingerprint density at radius 1 is 1.10 bits per heavy atom. The van der Waals surface area contributed by atoms with Crippen molar-refractivity contribution in [3.05, 3.63) is 83.6 Å². The number of hydrogen-bond acceptors (Lipinski definition) is 5. The number of ether oxygens (including phenoxy) is 1. The number of para-hydroxylation sites is 1. The highest BCUT2D eigenvalue weighted by atomic mass is 19.2. The molecule has 2 atom stereocenters. The molecular weight excluding hydrogens is 504 g/mol. The predicted octanol–water partition coefficient (Wildman–Crippen LogP) is 4.10. The van der Waals surface area contributed by atoms with Gasteiger partial charge >= 0.3 is 6.03 Å². The van der Waals surface area contributed by atoms with Gasteiger partial charge in [-0.2, -0.15) is 10.2 Å². The fourth-order valence-corrected chi connectivity index (χ4v) is 5.08. The largest absolute Gasteiger partial charge is 0.383 e. The third-order valence-corrected chi connectivity index (χ3v) is 7.11. The van der Waals surface area contributed by atoms with Crippen molar-refractivity contribution in [3.63, 3.8) is 0 Å². The van der Waals surface area contributed by atoms with E-state index in [-0.39, 0.29) is 12.0 Å². The van der Waals surface area contributed by atoms with Gasteiger partial charge in [0.2, 0.25) is 0 Å². The summed E-state index contributed by atoms with van der Waals surface area (Å²) in [6.45, 7) is 4.19. The lowest BCUT2D eigenvalue weighted by Crippen LogP contribution is -2.42. The van der Waals surface area contributed by atoms with Gasteiger partial charge in [-0.3, -0.25) is 14.9 Å². The zero-order valence-electron chi connectivity index (χ0n) is 22.1. The Morgan fingerprint density at radius 2 is 1.90 bits per heavy atom. The summed E-state index contributed by atoms with van der Waals surface area (Å²) < 4.78 is 36.4. The molecule has 0 radical (unpaired) electrons. The van der Waals surface area contributed by atoms with Crippen LogP contribution in [0.3, 0.4) is 0 Å². The van der Waals surface area contributed by atoms with Crippen LogP contribution in [-0.4, -0.2) is 69.9 Å². The first-order chi connectivity index (χ1) is 18.9. The summed E-state index contributed by atoms with van der Waals surface area (Å²) in [6.07, 6.45) is 1.70. The monoisotopic (exact) mass is 535 g/mol. The Kier molecular flexibility index (Phi) is 7.71. The van der Waals surface area contributed by atoms with Crippen LogP contribution >= 0.6 is 0 Å². The van der Waals surface area contributed by atoms with Crippen molar-refractivity contribution in [1.82, 2.24) is 29.8 Å². The summed E-state index contributed by atoms with van der Waals surface area (Å²) in [5.74, 6) is -1.51. The molecule has 0 bridgehead atoms. The summed E-state index contributed by atoms with van der Waals surface area (Å²) in [6, 6.07) is 14.6. The second-order valence-electron chi connectivity index (χ2n) is 9.65. The fourth-order valence-electron chi connectivity index (χ4n) is 5.08. The smallest absolute Gasteiger partial charge is 0.320 e. The van der Waals surface area contributed by atoms with Crippen LogP contribution in [0.5, 0.6) is 0 Å². The number of benzene rings is 2. The minimum absolute atomic E-state index is 0.229. The Morgan fingerprint density at radius 3 is 2.59 bits per heavy atom. The lowest BCUT2D eigenvalue weighted by atomic mass is 9.94. The molecule has 204 valence electrons. The van der Waals surface area contributed by atoms with Crippen LogP contribution in [0.4, 0.5) is 19.4 Å². The van der Waals surface area contributed by atoms with Crippen LogP contribution in [0, 0.1) is 18.6 Å². The molecule has 4 aromatic rings. The summed E-state index contributed by atoms with van der Waals surface area (Å²) in [5.41, 5.74) is 3.70. The predicted molar refractivity (Wildman–Crippen MR) is 144 cm³/mol. The van der Waals surface area contributed by atoms with Gasteiger partial charge in [-0.1, -0.05) is 24.3 Å². The van der Waals surface area contributed by atoms with E-state index in [1.54, 1.807) is 28.7 Å². The van der Waals surface area contributed by atoms with Crippen LogP contribution in [-0.2, 0) is 11.8 Å². The second-order valence-corrected chi connectivity index (χ2v) is 9.65. The molecule has 1 aliphatic rings. The molecule has 0 unspecified atom stereocenters. The Labute approximate surface area is 225 Å². The van der Waals surface area contributed by atoms with Gasteiger partial charge in [0.15, 0.2) is 11.6 Å². The third-order valence-electron chi connectivity index (χ3n) is 7.11. The minimum Gasteiger partial charge on any atom is -0.383 e. The number of rotatable bonds is 8. The van der Waals surface area contributed by atoms with Gasteiger partial charge < -0.3 is 10.1 Å². The first-order valence-electron chi connectivity index (χ1n) is 12.7. The van der Waals surface area contributed by atoms with Gasteiger partial charge in [0.05, 0.1) is 24.0 Å². The van der Waals surface area contributed by atoms with E-state index in [0.717, 1.165) is 23.0 Å². The number of carbonyl (C=O) groups is 1. The molecule has 1 saturated heterocycles. The van der Waals surface area contributed by atoms with E-state index >= 15 is 0 Å². The van der Waals surface area contributed by atoms with Gasteiger partial charge in [-0.25, -0.2) is 18.3 Å². The van der Waals surface area contributed by atoms with Crippen molar-refractivity contribution in [1.29, 1.82) is 0 Å². The number of nitrogens with one attached hydrogen (secondary N) is 2. The molecule has 0 spiro atoms. The molecule has 1 aliphatic heterocycles. The normalized spacial score (nSPS) is 17.5. The molecule has 9 nitrogen and oxygen atoms in total. The Hall–Kier alpha value is -4.09. The number of aryl methyl sites for hydroxylation is 1. The number of anilines is 1. The van der Waals surface area contributed by atoms with E-state index in [1.165, 1.54) is 6.07 Å². The lowest BCUT2D eigenvalue weighted by Gasteiger charge is -2.21. The molecule has 1 fully saturated rings. The third kappa shape index (κ3) is 5.55. The average Bonchev–Trinajstić information content (AvgIpc) is 3.62. The zero-order chi connectivity index (χ0) is 27.5. The van der Waals surface area contributed by atoms with Gasteiger partial charge in [-0.15, -0.1) is 0 Å². The summed E-state index contributed by atoms with van der Waals surface area (Å²) in [4.78, 5) is 15.6. The van der Waals surface area contributed by atoms with Gasteiger partial charge in [0.1, 0.15) is 11.5 Å². The summed E-state index contributed by atoms with van der Waals surface area (Å²) >= 11 is 0. The van der Waals surface area contributed by atoms with Gasteiger partial charge in [0, 0.05) is 51.5 Å². The minimum atomic E-state index is -0.906. The van der Waals surface area contributed by atoms with Gasteiger partial charge in [0.25, 0.3) is 0 Å². The van der Waals surface area contributed by atoms with Crippen LogP contribution < -0.4 is 10.6 Å². The van der Waals surface area contributed by atoms with Gasteiger partial charge in [-0.05, 0) is 42.8 Å². The number of likely N-dealkylation sites (tertiary alicyclic amines) is 1. The zero-order valence-corrected chi connectivity index (χ0v) is 22.1. The van der Waals surface area contributed by atoms with E-state index in [4.69, 9.17) is 9.84 Å². The topological polar surface area (TPSA) is 89.2 Å². The average molecular weight is 536 g/mol. The number of hydrogen-bond donors (Lipinski definition) is 2. The summed E-state index contributed by atoms with van der Waals surface area (Å²) in [7, 11) is 3.47. The molecule has 2 amide bonds. The lowest BCUT2D eigenvalue weighted by molar-refractivity contribution is 0.159. The maximum atomic E-state index is 14.1. The SMILES string of the molecule is COCCN1C[C@@H](NC(=O)Nc2c(C)c(-c3ccnn3C)nn2-c2ccccc2)[C@H](c2ccc(F)c(F)c2)C1. The van der Waals surface area contributed by atoms with Crippen molar-refractivity contribution in [3.8, 4) is 17.1 Å². The molecule has 11 heteroatoms. The standard InChI is InChI=1S/C28H31F2N7O2/c1-18-26(25-11-12-31-35(25)2)34-37(20-7-5-4-6-8-20)27(18)33-28(38)32-24-17-36(13-14-39-3)16-21(24)19-9-10-22(29)23(30)15-19/h4-12,15,21,24H,13-14,16-17H2,1-3H3,(H2,32,33,38)/t21-,24+/m0/s1. The highest BCUT2D eigenvalue weighted by Gasteiger charge is 2.35. The number of carbonyl (C=O) groups excluding carboxylic acids is 1. The maximum absolute atomic E-state index is 14.1. The molecule has 2 aromatic carbocycles. The number of aromatic nitrogens is 4. The highest BCUT2D eigenvalue weighted by Crippen LogP contribution is 2.31. The number of amides is 2. The van der Waals surface area contributed by atoms with Crippen molar-refractivity contribution in [2.45, 2.75) is 18.9 Å². The van der Waals surface area contributed by atoms with E-state index in [2.05, 4.69) is 20.6 Å². The van der Waals surface area contributed by atoms with Crippen molar-refractivity contribution in [2.75, 3.05) is 38.7 Å². The number of nitrogens with zero attached hydrogens (tertiary/aromatic N) is 5. The van der Waals surface area contributed by atoms with Crippen molar-refractivity contribution in [2.24, 2.45) is 7.05 Å². The molecule has 3 heterocycles. The van der Waals surface area contributed by atoms with Crippen LogP contribution in [0.15, 0.2) is 60.8 Å². The van der Waals surface area contributed by atoms with Crippen LogP contribution in [0.25, 0.3) is 17.1 Å². The molecular formula is C28H31F2N7O2. The quantitative estimate of drug-likeness (QED) is 0.355. The number of urea groups is 1. The van der Waals surface area contributed by atoms with Crippen molar-refractivity contribution < 1.29 is 18.3 Å². The van der Waals surface area contributed by atoms with E-state index in [9.17, 15) is 13.6 Å². The van der Waals surface area contributed by atoms with Crippen LogP contribution in [0.2, 0.25) is 0 Å². The fraction of sp³-hybridized carbons (Fsp3) is 0.321. The van der Waals surface area contributed by atoms with E-state index in [0.29, 0.717) is 43.3 Å². The molecule has 2 aromatic heterocycles. The van der Waals surface area contributed by atoms with E-state index < -0.39 is 17.7 Å². The molecule has 0 saturated carbocycles. The highest BCUT2D eigenvalue weighted by molar-refractivity contribution is 5.91. The number of halogens is 2. The van der Waals surface area contributed by atoms with Crippen molar-refractivity contribution >= 4 is 11.8 Å². The maximum Gasteiger partial charge on any atom is 0.320 e. The summed E-state index contributed by atoms with van der Waals surface area (Å²) in [5, 5.41) is 15.1. The molecule has 5 rings (SSSR count). The first kappa shape index (κ1) is 26.5. The Bertz CT molecular complexity index is 1450. The Balaban J connectivity index is 1.42. The first-order valence-corrected chi connectivity index (χ1v) is 12.7. The molecule has 39 heavy (non-hydrogen) atoms.